The zero-order valence-corrected chi connectivity index (χ0v) is 8.61. The summed E-state index contributed by atoms with van der Waals surface area (Å²) in [7, 11) is 0. The van der Waals surface area contributed by atoms with Crippen LogP contribution in [0.2, 0.25) is 0 Å². The van der Waals surface area contributed by atoms with Gasteiger partial charge >= 0.3 is 5.69 Å². The number of aromatic nitrogens is 2. The van der Waals surface area contributed by atoms with Crippen molar-refractivity contribution in [1.29, 1.82) is 0 Å². The number of nitrogens with zero attached hydrogens (tertiary/aromatic N) is 4. The minimum absolute atomic E-state index is 0.0172. The largest absolute Gasteiger partial charge is 0.409 e. The van der Waals surface area contributed by atoms with E-state index >= 15 is 0 Å². The second kappa shape index (κ2) is 5.69. The molecule has 0 aliphatic carbocycles. The lowest BCUT2D eigenvalue weighted by atomic mass is 10.2. The second-order valence-corrected chi connectivity index (χ2v) is 3.27. The molecule has 3 N–H and O–H groups in total. The molecule has 1 rings (SSSR count). The van der Waals surface area contributed by atoms with Gasteiger partial charge < -0.3 is 10.9 Å². The van der Waals surface area contributed by atoms with E-state index in [0.29, 0.717) is 13.0 Å². The first kappa shape index (κ1) is 12.0. The maximum absolute atomic E-state index is 10.4. The van der Waals surface area contributed by atoms with Gasteiger partial charge in [-0.25, -0.2) is 0 Å². The fourth-order valence-electron chi connectivity index (χ4n) is 1.20. The summed E-state index contributed by atoms with van der Waals surface area (Å²) in [5.41, 5.74) is 5.27. The molecule has 1 heterocycles. The van der Waals surface area contributed by atoms with Crippen molar-refractivity contribution < 1.29 is 10.1 Å². The van der Waals surface area contributed by atoms with E-state index in [0.717, 1.165) is 12.8 Å². The van der Waals surface area contributed by atoms with Crippen LogP contribution in [0.15, 0.2) is 17.5 Å². The van der Waals surface area contributed by atoms with Crippen LogP contribution in [-0.4, -0.2) is 25.7 Å². The van der Waals surface area contributed by atoms with Crippen LogP contribution < -0.4 is 5.73 Å². The van der Waals surface area contributed by atoms with Gasteiger partial charge in [0.05, 0.1) is 4.92 Å². The lowest BCUT2D eigenvalue weighted by Crippen LogP contribution is -2.11. The van der Waals surface area contributed by atoms with E-state index in [1.807, 2.05) is 0 Å². The monoisotopic (exact) mass is 227 g/mol. The van der Waals surface area contributed by atoms with Gasteiger partial charge in [-0.05, 0) is 12.8 Å². The van der Waals surface area contributed by atoms with Crippen molar-refractivity contribution in [3.8, 4) is 0 Å². The summed E-state index contributed by atoms with van der Waals surface area (Å²) in [5.74, 6) is 0.187. The second-order valence-electron chi connectivity index (χ2n) is 3.27. The highest BCUT2D eigenvalue weighted by atomic mass is 16.6. The molecule has 0 bridgehead atoms. The minimum atomic E-state index is -0.486. The first-order valence-corrected chi connectivity index (χ1v) is 4.76. The highest BCUT2D eigenvalue weighted by Gasteiger charge is 2.07. The van der Waals surface area contributed by atoms with Gasteiger partial charge in [-0.3, -0.25) is 14.8 Å². The molecule has 0 fully saturated rings. The van der Waals surface area contributed by atoms with Gasteiger partial charge in [0.1, 0.15) is 18.2 Å². The van der Waals surface area contributed by atoms with Gasteiger partial charge in [-0.1, -0.05) is 5.16 Å². The minimum Gasteiger partial charge on any atom is -0.409 e. The highest BCUT2D eigenvalue weighted by molar-refractivity contribution is 5.79. The molecule has 0 radical (unpaired) electrons. The summed E-state index contributed by atoms with van der Waals surface area (Å²) in [6.07, 6.45) is 4.59. The van der Waals surface area contributed by atoms with E-state index < -0.39 is 4.92 Å². The number of hydrogen-bond acceptors (Lipinski definition) is 5. The van der Waals surface area contributed by atoms with Crippen LogP contribution in [0, 0.1) is 10.1 Å². The summed E-state index contributed by atoms with van der Waals surface area (Å²) >= 11 is 0. The molecular weight excluding hydrogens is 214 g/mol. The number of oxime groups is 1. The van der Waals surface area contributed by atoms with Crippen molar-refractivity contribution in [2.75, 3.05) is 0 Å². The number of hydrogen-bond donors (Lipinski definition) is 2. The van der Waals surface area contributed by atoms with Crippen LogP contribution >= 0.6 is 0 Å². The average molecular weight is 227 g/mol. The van der Waals surface area contributed by atoms with E-state index in [9.17, 15) is 10.1 Å². The molecule has 0 amide bonds. The van der Waals surface area contributed by atoms with Crippen LogP contribution in [0.5, 0.6) is 0 Å². The summed E-state index contributed by atoms with van der Waals surface area (Å²) in [6.45, 7) is 0.576. The van der Waals surface area contributed by atoms with Crippen molar-refractivity contribution in [2.24, 2.45) is 10.9 Å². The number of nitrogens with two attached hydrogens (primary N) is 1. The lowest BCUT2D eigenvalue weighted by molar-refractivity contribution is -0.385. The lowest BCUT2D eigenvalue weighted by Gasteiger charge is -2.00. The summed E-state index contributed by atoms with van der Waals surface area (Å²) in [6, 6.07) is 0. The molecule has 0 aliphatic rings. The van der Waals surface area contributed by atoms with Crippen LogP contribution in [0.4, 0.5) is 5.69 Å². The predicted molar refractivity (Wildman–Crippen MR) is 56.1 cm³/mol. The maximum atomic E-state index is 10.4. The third-order valence-corrected chi connectivity index (χ3v) is 2.03. The van der Waals surface area contributed by atoms with Gasteiger partial charge in [0.15, 0.2) is 0 Å². The summed E-state index contributed by atoms with van der Waals surface area (Å²) in [5, 5.41) is 25.3. The van der Waals surface area contributed by atoms with Crippen molar-refractivity contribution in [3.05, 3.63) is 22.5 Å². The van der Waals surface area contributed by atoms with Crippen molar-refractivity contribution in [3.63, 3.8) is 0 Å². The third kappa shape index (κ3) is 3.56. The molecule has 0 aromatic carbocycles. The zero-order valence-electron chi connectivity index (χ0n) is 8.61. The quantitative estimate of drug-likeness (QED) is 0.185. The van der Waals surface area contributed by atoms with Crippen LogP contribution in [0.25, 0.3) is 0 Å². The topological polar surface area (TPSA) is 120 Å². The molecule has 88 valence electrons. The van der Waals surface area contributed by atoms with E-state index in [2.05, 4.69) is 10.3 Å². The number of unbranched alkanes of at least 4 members (excludes halogenated alkanes) is 1. The first-order valence-electron chi connectivity index (χ1n) is 4.76. The van der Waals surface area contributed by atoms with Gasteiger partial charge in [-0.2, -0.15) is 5.10 Å². The molecule has 0 saturated carbocycles. The van der Waals surface area contributed by atoms with Crippen molar-refractivity contribution in [1.82, 2.24) is 9.78 Å². The fourth-order valence-corrected chi connectivity index (χ4v) is 1.20. The van der Waals surface area contributed by atoms with E-state index in [1.165, 1.54) is 17.1 Å². The Morgan fingerprint density at radius 3 is 3.00 bits per heavy atom. The van der Waals surface area contributed by atoms with Crippen LogP contribution in [0.1, 0.15) is 19.3 Å². The Balaban J connectivity index is 2.29. The highest BCUT2D eigenvalue weighted by Crippen LogP contribution is 2.08. The smallest absolute Gasteiger partial charge is 0.306 e. The Hall–Kier alpha value is -2.12. The molecule has 0 saturated heterocycles. The van der Waals surface area contributed by atoms with Crippen molar-refractivity contribution in [2.45, 2.75) is 25.8 Å². The Bertz CT molecular complexity index is 387. The molecule has 0 atom stereocenters. The van der Waals surface area contributed by atoms with Gasteiger partial charge in [0, 0.05) is 13.0 Å². The van der Waals surface area contributed by atoms with Gasteiger partial charge in [0.25, 0.3) is 0 Å². The third-order valence-electron chi connectivity index (χ3n) is 2.03. The number of nitro groups is 1. The van der Waals surface area contributed by atoms with Crippen LogP contribution in [0.3, 0.4) is 0 Å². The summed E-state index contributed by atoms with van der Waals surface area (Å²) < 4.78 is 1.50. The Morgan fingerprint density at radius 1 is 1.69 bits per heavy atom. The number of aryl methyl sites for hydroxylation is 1. The molecular formula is C8H13N5O3. The molecule has 1 aromatic heterocycles. The Labute approximate surface area is 91.5 Å². The number of amidine groups is 1. The molecule has 16 heavy (non-hydrogen) atoms. The zero-order chi connectivity index (χ0) is 12.0. The fraction of sp³-hybridized carbons (Fsp3) is 0.500. The molecule has 0 unspecified atom stereocenters. The Morgan fingerprint density at radius 2 is 2.44 bits per heavy atom. The number of rotatable bonds is 6. The summed E-state index contributed by atoms with van der Waals surface area (Å²) in [4.78, 5) is 9.88. The molecule has 1 aromatic rings. The van der Waals surface area contributed by atoms with E-state index in [4.69, 9.17) is 10.9 Å². The first-order chi connectivity index (χ1) is 7.63. The average Bonchev–Trinajstić information content (AvgIpc) is 2.72. The molecule has 0 spiro atoms. The standard InChI is InChI=1S/C8H13N5O3/c9-8(11-14)3-1-2-4-12-6-7(5-10-12)13(15)16/h5-6,14H,1-4H2,(H2,9,11). The van der Waals surface area contributed by atoms with Gasteiger partial charge in [-0.15, -0.1) is 0 Å². The Kier molecular flexibility index (Phi) is 4.25. The SMILES string of the molecule is N/C(CCCCn1cc([N+](=O)[O-])cn1)=N/O. The maximum Gasteiger partial charge on any atom is 0.306 e. The molecule has 8 heteroatoms. The van der Waals surface area contributed by atoms with E-state index in [1.54, 1.807) is 0 Å². The van der Waals surface area contributed by atoms with Gasteiger partial charge in [0.2, 0.25) is 0 Å². The molecule has 0 aliphatic heterocycles. The normalized spacial score (nSPS) is 11.6. The van der Waals surface area contributed by atoms with Crippen LogP contribution in [-0.2, 0) is 6.54 Å². The predicted octanol–water partition coefficient (Wildman–Crippen LogP) is 0.708. The van der Waals surface area contributed by atoms with Crippen molar-refractivity contribution >= 4 is 11.5 Å². The molecule has 8 nitrogen and oxygen atoms in total. The van der Waals surface area contributed by atoms with E-state index in [-0.39, 0.29) is 11.5 Å².